The zero-order valence-electron chi connectivity index (χ0n) is 13.8. The lowest BCUT2D eigenvalue weighted by atomic mass is 9.97. The minimum Gasteiger partial charge on any atom is -0.375 e. The van der Waals surface area contributed by atoms with Crippen molar-refractivity contribution in [3.05, 3.63) is 54.6 Å². The van der Waals surface area contributed by atoms with Crippen molar-refractivity contribution in [1.29, 1.82) is 0 Å². The van der Waals surface area contributed by atoms with Gasteiger partial charge in [-0.3, -0.25) is 4.79 Å². The monoisotopic (exact) mass is 322 g/mol. The molecular weight excluding hydrogens is 304 g/mol. The molecule has 0 saturated heterocycles. The van der Waals surface area contributed by atoms with Crippen LogP contribution in [0.3, 0.4) is 0 Å². The van der Waals surface area contributed by atoms with Crippen molar-refractivity contribution in [2.24, 2.45) is 5.41 Å². The number of benzene rings is 2. The molecule has 122 valence electrons. The molecule has 0 unspecified atom stereocenters. The molecule has 0 saturated carbocycles. The van der Waals surface area contributed by atoms with Crippen LogP contribution < -0.4 is 0 Å². The van der Waals surface area contributed by atoms with Crippen LogP contribution in [0.2, 0.25) is 0 Å². The van der Waals surface area contributed by atoms with Crippen molar-refractivity contribution in [3.8, 4) is 11.4 Å². The van der Waals surface area contributed by atoms with Gasteiger partial charge in [-0.2, -0.15) is 0 Å². The van der Waals surface area contributed by atoms with Crippen LogP contribution in [-0.2, 0) is 9.53 Å². The molecule has 3 rings (SSSR count). The molecule has 1 heterocycles. The average Bonchev–Trinajstić information content (AvgIpc) is 2.94. The van der Waals surface area contributed by atoms with Gasteiger partial charge in [-0.1, -0.05) is 42.5 Å². The number of carbonyl (C=O) groups excluding carboxylic acids is 2. The first kappa shape index (κ1) is 15.9. The van der Waals surface area contributed by atoms with E-state index in [9.17, 15) is 9.59 Å². The summed E-state index contributed by atoms with van der Waals surface area (Å²) >= 11 is 0. The fourth-order valence-corrected chi connectivity index (χ4v) is 2.27. The fraction of sp³-hybridized carbons (Fsp3) is 0.211. The van der Waals surface area contributed by atoms with Crippen molar-refractivity contribution in [2.75, 3.05) is 0 Å². The quantitative estimate of drug-likeness (QED) is 0.496. The number of hydrogen-bond donors (Lipinski definition) is 0. The Morgan fingerprint density at radius 2 is 1.58 bits per heavy atom. The predicted octanol–water partition coefficient (Wildman–Crippen LogP) is 4.26. The summed E-state index contributed by atoms with van der Waals surface area (Å²) in [6.45, 7) is 5.10. The number of ether oxygens (including phenoxy) is 1. The Kier molecular flexibility index (Phi) is 3.93. The largest absolute Gasteiger partial charge is 0.428 e. The van der Waals surface area contributed by atoms with Gasteiger partial charge in [0.05, 0.1) is 16.4 Å². The van der Waals surface area contributed by atoms with Gasteiger partial charge in [-0.05, 0) is 32.9 Å². The van der Waals surface area contributed by atoms with E-state index in [0.29, 0.717) is 16.9 Å². The number of aromatic nitrogens is 2. The minimum absolute atomic E-state index is 0.448. The fourth-order valence-electron chi connectivity index (χ4n) is 2.27. The SMILES string of the molecule is CC(C)(C)C(=O)OC(=O)n1c(-c2ccccc2)nc2ccccc21. The normalized spacial score (nSPS) is 11.5. The number of esters is 1. The number of para-hydroxylation sites is 2. The zero-order chi connectivity index (χ0) is 17.3. The van der Waals surface area contributed by atoms with E-state index >= 15 is 0 Å². The van der Waals surface area contributed by atoms with Gasteiger partial charge in [0, 0.05) is 5.56 Å². The van der Waals surface area contributed by atoms with Crippen LogP contribution >= 0.6 is 0 Å². The molecule has 5 heteroatoms. The second-order valence-corrected chi connectivity index (χ2v) is 6.53. The first-order valence-electron chi connectivity index (χ1n) is 7.67. The average molecular weight is 322 g/mol. The van der Waals surface area contributed by atoms with Gasteiger partial charge in [0.1, 0.15) is 0 Å². The molecule has 0 aliphatic rings. The van der Waals surface area contributed by atoms with Gasteiger partial charge in [-0.15, -0.1) is 0 Å². The molecule has 0 spiro atoms. The highest BCUT2D eigenvalue weighted by Gasteiger charge is 2.28. The Morgan fingerprint density at radius 1 is 0.958 bits per heavy atom. The minimum atomic E-state index is -0.765. The van der Waals surface area contributed by atoms with Crippen molar-refractivity contribution in [3.63, 3.8) is 0 Å². The van der Waals surface area contributed by atoms with E-state index in [-0.39, 0.29) is 0 Å². The summed E-state index contributed by atoms with van der Waals surface area (Å²) in [4.78, 5) is 29.3. The number of hydrogen-bond acceptors (Lipinski definition) is 4. The molecule has 5 nitrogen and oxygen atoms in total. The molecule has 0 aliphatic carbocycles. The van der Waals surface area contributed by atoms with Crippen LogP contribution in [0.15, 0.2) is 54.6 Å². The molecule has 0 amide bonds. The molecule has 0 atom stereocenters. The first-order valence-corrected chi connectivity index (χ1v) is 7.67. The summed E-state index contributed by atoms with van der Waals surface area (Å²) in [5, 5.41) is 0. The zero-order valence-corrected chi connectivity index (χ0v) is 13.8. The van der Waals surface area contributed by atoms with E-state index in [2.05, 4.69) is 4.98 Å². The van der Waals surface area contributed by atoms with Crippen LogP contribution in [0.25, 0.3) is 22.4 Å². The summed E-state index contributed by atoms with van der Waals surface area (Å²) in [6, 6.07) is 16.6. The third-order valence-electron chi connectivity index (χ3n) is 3.57. The maximum Gasteiger partial charge on any atom is 0.428 e. The van der Waals surface area contributed by atoms with Crippen LogP contribution in [0.4, 0.5) is 4.79 Å². The van der Waals surface area contributed by atoms with Gasteiger partial charge in [-0.25, -0.2) is 14.3 Å². The Balaban J connectivity index is 2.12. The lowest BCUT2D eigenvalue weighted by molar-refractivity contribution is -0.146. The second-order valence-electron chi connectivity index (χ2n) is 6.53. The van der Waals surface area contributed by atoms with Gasteiger partial charge in [0.2, 0.25) is 0 Å². The lowest BCUT2D eigenvalue weighted by Crippen LogP contribution is -2.28. The number of fused-ring (bicyclic) bond motifs is 1. The standard InChI is InChI=1S/C19H18N2O3/c1-19(2,3)17(22)24-18(23)21-15-12-8-7-11-14(15)20-16(21)13-9-5-4-6-10-13/h4-12H,1-3H3. The van der Waals surface area contributed by atoms with Crippen LogP contribution in [-0.4, -0.2) is 21.6 Å². The van der Waals surface area contributed by atoms with E-state index in [0.717, 1.165) is 5.56 Å². The van der Waals surface area contributed by atoms with E-state index in [1.54, 1.807) is 26.8 Å². The van der Waals surface area contributed by atoms with Crippen molar-refractivity contribution in [1.82, 2.24) is 9.55 Å². The molecule has 2 aromatic carbocycles. The van der Waals surface area contributed by atoms with E-state index in [1.165, 1.54) is 4.57 Å². The van der Waals surface area contributed by atoms with Crippen LogP contribution in [0.5, 0.6) is 0 Å². The predicted molar refractivity (Wildman–Crippen MR) is 91.5 cm³/mol. The number of carbonyl (C=O) groups is 2. The van der Waals surface area contributed by atoms with Gasteiger partial charge >= 0.3 is 12.1 Å². The van der Waals surface area contributed by atoms with Gasteiger partial charge in [0.15, 0.2) is 5.82 Å². The highest BCUT2D eigenvalue weighted by atomic mass is 16.6. The Hall–Kier alpha value is -2.95. The van der Waals surface area contributed by atoms with E-state index < -0.39 is 17.5 Å². The molecule has 0 bridgehead atoms. The Labute approximate surface area is 139 Å². The molecule has 0 aliphatic heterocycles. The number of rotatable bonds is 1. The Bertz CT molecular complexity index is 905. The highest BCUT2D eigenvalue weighted by Crippen LogP contribution is 2.25. The van der Waals surface area contributed by atoms with Gasteiger partial charge in [0.25, 0.3) is 0 Å². The van der Waals surface area contributed by atoms with Crippen LogP contribution in [0.1, 0.15) is 20.8 Å². The first-order chi connectivity index (χ1) is 11.4. The molecular formula is C19H18N2O3. The summed E-state index contributed by atoms with van der Waals surface area (Å²) < 4.78 is 6.42. The lowest BCUT2D eigenvalue weighted by Gasteiger charge is -2.16. The Morgan fingerprint density at radius 3 is 2.25 bits per heavy atom. The highest BCUT2D eigenvalue weighted by molar-refractivity contribution is 5.96. The van der Waals surface area contributed by atoms with E-state index in [1.807, 2.05) is 48.5 Å². The summed E-state index contributed by atoms with van der Waals surface area (Å²) in [6.07, 6.45) is -0.748. The summed E-state index contributed by atoms with van der Waals surface area (Å²) in [7, 11) is 0. The van der Waals surface area contributed by atoms with Gasteiger partial charge < -0.3 is 4.74 Å². The van der Waals surface area contributed by atoms with E-state index in [4.69, 9.17) is 4.74 Å². The third-order valence-corrected chi connectivity index (χ3v) is 3.57. The molecule has 0 radical (unpaired) electrons. The third kappa shape index (κ3) is 2.93. The maximum atomic E-state index is 12.7. The summed E-state index contributed by atoms with van der Waals surface area (Å²) in [5.74, 6) is -0.132. The smallest absolute Gasteiger partial charge is 0.375 e. The molecule has 0 fully saturated rings. The van der Waals surface area contributed by atoms with Crippen molar-refractivity contribution >= 4 is 23.1 Å². The second kappa shape index (κ2) is 5.92. The van der Waals surface area contributed by atoms with Crippen molar-refractivity contribution in [2.45, 2.75) is 20.8 Å². The molecule has 3 aromatic rings. The molecule has 1 aromatic heterocycles. The number of imidazole rings is 1. The number of nitrogens with zero attached hydrogens (tertiary/aromatic N) is 2. The van der Waals surface area contributed by atoms with Crippen LogP contribution in [0, 0.1) is 5.41 Å². The molecule has 24 heavy (non-hydrogen) atoms. The summed E-state index contributed by atoms with van der Waals surface area (Å²) in [5.41, 5.74) is 1.27. The molecule has 0 N–H and O–H groups in total. The van der Waals surface area contributed by atoms with Crippen molar-refractivity contribution < 1.29 is 14.3 Å². The topological polar surface area (TPSA) is 61.2 Å². The maximum absolute atomic E-state index is 12.7.